The molecule has 1 atom stereocenters. The van der Waals surface area contributed by atoms with Crippen molar-refractivity contribution < 1.29 is 66.6 Å². The van der Waals surface area contributed by atoms with Crippen LogP contribution in [0.25, 0.3) is 0 Å². The number of aldehydes is 1. The summed E-state index contributed by atoms with van der Waals surface area (Å²) in [5, 5.41) is 0. The van der Waals surface area contributed by atoms with Gasteiger partial charge in [0, 0.05) is 6.42 Å². The molecule has 2 rings (SSSR count). The van der Waals surface area contributed by atoms with Gasteiger partial charge in [-0.1, -0.05) is 12.1 Å². The van der Waals surface area contributed by atoms with Crippen LogP contribution in [0.1, 0.15) is 22.3 Å². The van der Waals surface area contributed by atoms with Crippen molar-refractivity contribution in [3.05, 3.63) is 29.3 Å². The molecule has 0 amide bonds. The molecule has 0 aliphatic carbocycles. The van der Waals surface area contributed by atoms with Crippen LogP contribution in [0, 0.1) is 0 Å². The van der Waals surface area contributed by atoms with E-state index in [1.165, 1.54) is 12.1 Å². The normalized spacial score (nSPS) is 18.5. The number of carbonyl (C=O) groups is 1. The summed E-state index contributed by atoms with van der Waals surface area (Å²) in [7, 11) is 0. The lowest BCUT2D eigenvalue weighted by molar-refractivity contribution is -0.440. The van der Waals surface area contributed by atoms with Crippen LogP contribution in [-0.2, 0) is 6.42 Å². The highest BCUT2D eigenvalue weighted by Gasteiger charge is 2.90. The van der Waals surface area contributed by atoms with E-state index in [-0.39, 0.29) is 23.2 Å². The summed E-state index contributed by atoms with van der Waals surface area (Å²) in [4.78, 5) is 10.8. The van der Waals surface area contributed by atoms with Gasteiger partial charge in [-0.2, -0.15) is 57.1 Å². The van der Waals surface area contributed by atoms with Crippen molar-refractivity contribution >= 4 is 6.29 Å². The standard InChI is InChI=1S/C16H9F13O2/c17-11(18,5-9-4-7-2-1-3-8(6-30)10(7)31-9)12(19,20)13(21,22)14(23,24)15(25,26)16(27,28)29/h1-3,6,9H,4-5H2. The molecule has 0 fully saturated rings. The highest BCUT2D eigenvalue weighted by atomic mass is 19.4. The van der Waals surface area contributed by atoms with Crippen LogP contribution in [0.4, 0.5) is 57.1 Å². The van der Waals surface area contributed by atoms with E-state index in [9.17, 15) is 61.9 Å². The summed E-state index contributed by atoms with van der Waals surface area (Å²) in [5.74, 6) is -37.5. The molecule has 0 radical (unpaired) electrons. The van der Waals surface area contributed by atoms with Crippen molar-refractivity contribution in [1.82, 2.24) is 0 Å². The predicted molar refractivity (Wildman–Crippen MR) is 75.4 cm³/mol. The van der Waals surface area contributed by atoms with Crippen LogP contribution in [0.2, 0.25) is 0 Å². The number of halogens is 13. The third-order valence-corrected chi connectivity index (χ3v) is 4.47. The number of alkyl halides is 13. The van der Waals surface area contributed by atoms with Gasteiger partial charge in [-0.25, -0.2) is 0 Å². The molecule has 1 aromatic carbocycles. The number of benzene rings is 1. The molecule has 1 heterocycles. The lowest BCUT2D eigenvalue weighted by Crippen LogP contribution is -2.70. The number of ether oxygens (including phenoxy) is 1. The predicted octanol–water partition coefficient (Wildman–Crippen LogP) is 5.93. The maximum absolute atomic E-state index is 13.9. The van der Waals surface area contributed by atoms with E-state index < -0.39 is 54.7 Å². The molecular formula is C16H9F13O2. The number of fused-ring (bicyclic) bond motifs is 1. The van der Waals surface area contributed by atoms with Crippen molar-refractivity contribution in [2.45, 2.75) is 54.7 Å². The van der Waals surface area contributed by atoms with Gasteiger partial charge in [0.2, 0.25) is 0 Å². The molecule has 31 heavy (non-hydrogen) atoms. The van der Waals surface area contributed by atoms with Crippen molar-refractivity contribution in [3.8, 4) is 5.75 Å². The van der Waals surface area contributed by atoms with Gasteiger partial charge >= 0.3 is 35.8 Å². The van der Waals surface area contributed by atoms with Crippen LogP contribution < -0.4 is 4.74 Å². The van der Waals surface area contributed by atoms with Crippen molar-refractivity contribution in [3.63, 3.8) is 0 Å². The summed E-state index contributed by atoms with van der Waals surface area (Å²) >= 11 is 0. The molecule has 0 N–H and O–H groups in total. The zero-order chi connectivity index (χ0) is 24.3. The second-order valence-electron chi connectivity index (χ2n) is 6.60. The van der Waals surface area contributed by atoms with E-state index in [1.807, 2.05) is 0 Å². The first-order valence-electron chi connectivity index (χ1n) is 7.94. The first-order chi connectivity index (χ1) is 13.7. The Morgan fingerprint density at radius 2 is 1.32 bits per heavy atom. The minimum Gasteiger partial charge on any atom is -0.489 e. The minimum atomic E-state index is -7.94. The fraction of sp³-hybridized carbons (Fsp3) is 0.562. The van der Waals surface area contributed by atoms with E-state index >= 15 is 0 Å². The van der Waals surface area contributed by atoms with Gasteiger partial charge in [-0.3, -0.25) is 4.79 Å². The molecular weight excluding hydrogens is 471 g/mol. The third-order valence-electron chi connectivity index (χ3n) is 4.47. The van der Waals surface area contributed by atoms with E-state index in [0.717, 1.165) is 6.07 Å². The van der Waals surface area contributed by atoms with Crippen LogP contribution in [0.3, 0.4) is 0 Å². The van der Waals surface area contributed by atoms with Gasteiger partial charge < -0.3 is 4.74 Å². The molecule has 1 aromatic rings. The fourth-order valence-corrected chi connectivity index (χ4v) is 2.79. The maximum atomic E-state index is 13.9. The molecule has 176 valence electrons. The smallest absolute Gasteiger partial charge is 0.460 e. The largest absolute Gasteiger partial charge is 0.489 e. The summed E-state index contributed by atoms with van der Waals surface area (Å²) in [6, 6.07) is 3.50. The van der Waals surface area contributed by atoms with Crippen molar-refractivity contribution in [1.29, 1.82) is 0 Å². The molecule has 0 bridgehead atoms. The van der Waals surface area contributed by atoms with Crippen LogP contribution in [-0.4, -0.2) is 48.2 Å². The molecule has 0 saturated carbocycles. The van der Waals surface area contributed by atoms with E-state index in [2.05, 4.69) is 0 Å². The Balaban J connectivity index is 2.36. The summed E-state index contributed by atoms with van der Waals surface area (Å²) in [6.07, 6.45) is -12.5. The number of para-hydroxylation sites is 1. The molecule has 0 spiro atoms. The first-order valence-corrected chi connectivity index (χ1v) is 7.94. The van der Waals surface area contributed by atoms with E-state index in [1.54, 1.807) is 0 Å². The highest BCUT2D eigenvalue weighted by molar-refractivity contribution is 5.80. The molecule has 0 aromatic heterocycles. The Kier molecular flexibility index (Phi) is 5.78. The number of hydrogen-bond acceptors (Lipinski definition) is 2. The Morgan fingerprint density at radius 3 is 1.81 bits per heavy atom. The first kappa shape index (κ1) is 25.0. The molecule has 15 heteroatoms. The average molecular weight is 480 g/mol. The zero-order valence-electron chi connectivity index (χ0n) is 14.5. The van der Waals surface area contributed by atoms with Gasteiger partial charge in [0.05, 0.1) is 12.0 Å². The molecule has 0 saturated heterocycles. The molecule has 1 aliphatic rings. The van der Waals surface area contributed by atoms with E-state index in [0.29, 0.717) is 0 Å². The Hall–Kier alpha value is -2.22. The number of carbonyl (C=O) groups excluding carboxylic acids is 1. The monoisotopic (exact) mass is 480 g/mol. The Labute approximate surface area is 164 Å². The second-order valence-corrected chi connectivity index (χ2v) is 6.60. The second kappa shape index (κ2) is 7.15. The summed E-state index contributed by atoms with van der Waals surface area (Å²) in [5.41, 5.74) is -0.272. The Morgan fingerprint density at radius 1 is 0.806 bits per heavy atom. The number of rotatable bonds is 7. The fourth-order valence-electron chi connectivity index (χ4n) is 2.79. The maximum Gasteiger partial charge on any atom is 0.460 e. The molecule has 1 unspecified atom stereocenters. The minimum absolute atomic E-state index is 0.0191. The summed E-state index contributed by atoms with van der Waals surface area (Å²) < 4.78 is 175. The van der Waals surface area contributed by atoms with Gasteiger partial charge in [0.15, 0.2) is 6.29 Å². The average Bonchev–Trinajstić information content (AvgIpc) is 3.01. The van der Waals surface area contributed by atoms with Crippen molar-refractivity contribution in [2.75, 3.05) is 0 Å². The number of hydrogen-bond donors (Lipinski definition) is 0. The third kappa shape index (κ3) is 3.58. The summed E-state index contributed by atoms with van der Waals surface area (Å²) in [6.45, 7) is 0. The SMILES string of the molecule is O=Cc1cccc2c1OC(CC(F)(F)C(F)(F)C(F)(F)C(F)(F)C(F)(F)C(F)(F)F)C2. The zero-order valence-corrected chi connectivity index (χ0v) is 14.5. The van der Waals surface area contributed by atoms with E-state index in [4.69, 9.17) is 4.74 Å². The van der Waals surface area contributed by atoms with Crippen LogP contribution in [0.5, 0.6) is 5.75 Å². The quantitative estimate of drug-likeness (QED) is 0.357. The lowest BCUT2D eigenvalue weighted by atomic mass is 9.91. The lowest BCUT2D eigenvalue weighted by Gasteiger charge is -2.40. The molecule has 2 nitrogen and oxygen atoms in total. The van der Waals surface area contributed by atoms with Gasteiger partial charge in [0.1, 0.15) is 11.9 Å². The highest BCUT2D eigenvalue weighted by Crippen LogP contribution is 2.61. The van der Waals surface area contributed by atoms with Gasteiger partial charge in [-0.15, -0.1) is 0 Å². The molecule has 1 aliphatic heterocycles. The Bertz CT molecular complexity index is 844. The topological polar surface area (TPSA) is 26.3 Å². The van der Waals surface area contributed by atoms with Gasteiger partial charge in [-0.05, 0) is 11.6 Å². The van der Waals surface area contributed by atoms with Crippen LogP contribution >= 0.6 is 0 Å². The van der Waals surface area contributed by atoms with Crippen LogP contribution in [0.15, 0.2) is 18.2 Å². The van der Waals surface area contributed by atoms with Gasteiger partial charge in [0.25, 0.3) is 0 Å². The van der Waals surface area contributed by atoms with Crippen molar-refractivity contribution in [2.24, 2.45) is 0 Å².